The van der Waals surface area contributed by atoms with Gasteiger partial charge in [-0.2, -0.15) is 0 Å². The van der Waals surface area contributed by atoms with Crippen molar-refractivity contribution in [1.29, 1.82) is 0 Å². The van der Waals surface area contributed by atoms with Gasteiger partial charge in [-0.05, 0) is 37.0 Å². The monoisotopic (exact) mass is 334 g/mol. The second kappa shape index (κ2) is 10.1. The van der Waals surface area contributed by atoms with E-state index in [-0.39, 0.29) is 12.6 Å². The van der Waals surface area contributed by atoms with E-state index in [0.29, 0.717) is 13.0 Å². The van der Waals surface area contributed by atoms with Crippen LogP contribution in [0.1, 0.15) is 51.0 Å². The summed E-state index contributed by atoms with van der Waals surface area (Å²) in [6.07, 6.45) is 7.95. The quantitative estimate of drug-likeness (QED) is 0.716. The summed E-state index contributed by atoms with van der Waals surface area (Å²) in [5, 5.41) is 15.2. The minimum Gasteiger partial charge on any atom is -0.391 e. The first-order chi connectivity index (χ1) is 11.7. The molecule has 1 aromatic heterocycles. The van der Waals surface area contributed by atoms with Crippen LogP contribution in [-0.2, 0) is 6.54 Å². The summed E-state index contributed by atoms with van der Waals surface area (Å²) < 4.78 is 0. The third-order valence-corrected chi connectivity index (χ3v) is 4.31. The third kappa shape index (κ3) is 6.35. The van der Waals surface area contributed by atoms with Crippen molar-refractivity contribution in [3.05, 3.63) is 23.9 Å². The van der Waals surface area contributed by atoms with Crippen LogP contribution < -0.4 is 15.5 Å². The van der Waals surface area contributed by atoms with Gasteiger partial charge in [-0.15, -0.1) is 0 Å². The predicted octanol–water partition coefficient (Wildman–Crippen LogP) is 2.42. The van der Waals surface area contributed by atoms with Crippen molar-refractivity contribution in [1.82, 2.24) is 15.6 Å². The first-order valence-corrected chi connectivity index (χ1v) is 9.08. The van der Waals surface area contributed by atoms with E-state index < -0.39 is 6.10 Å². The van der Waals surface area contributed by atoms with Crippen LogP contribution in [0.2, 0.25) is 0 Å². The van der Waals surface area contributed by atoms with Gasteiger partial charge in [-0.25, -0.2) is 9.78 Å². The number of aromatic nitrogens is 1. The average molecular weight is 334 g/mol. The summed E-state index contributed by atoms with van der Waals surface area (Å²) in [6, 6.07) is 3.73. The molecule has 1 aromatic rings. The molecule has 1 atom stereocenters. The molecule has 6 nitrogen and oxygen atoms in total. The van der Waals surface area contributed by atoms with Crippen LogP contribution >= 0.6 is 0 Å². The average Bonchev–Trinajstić information content (AvgIpc) is 2.88. The van der Waals surface area contributed by atoms with Gasteiger partial charge in [0.1, 0.15) is 5.82 Å². The Morgan fingerprint density at radius 2 is 2.04 bits per heavy atom. The lowest BCUT2D eigenvalue weighted by Crippen LogP contribution is -2.39. The number of anilines is 1. The molecule has 0 bridgehead atoms. The van der Waals surface area contributed by atoms with Gasteiger partial charge in [-0.1, -0.05) is 26.2 Å². The van der Waals surface area contributed by atoms with E-state index in [1.807, 2.05) is 13.0 Å². The predicted molar refractivity (Wildman–Crippen MR) is 96.1 cm³/mol. The molecule has 3 N–H and O–H groups in total. The third-order valence-electron chi connectivity index (χ3n) is 4.31. The van der Waals surface area contributed by atoms with Crippen molar-refractivity contribution in [2.24, 2.45) is 0 Å². The highest BCUT2D eigenvalue weighted by atomic mass is 16.3. The van der Waals surface area contributed by atoms with Gasteiger partial charge in [0.25, 0.3) is 0 Å². The molecular formula is C18H30N4O2. The highest BCUT2D eigenvalue weighted by molar-refractivity contribution is 5.73. The maximum Gasteiger partial charge on any atom is 0.315 e. The van der Waals surface area contributed by atoms with Crippen molar-refractivity contribution in [2.45, 2.75) is 58.1 Å². The van der Waals surface area contributed by atoms with Gasteiger partial charge in [0, 0.05) is 32.4 Å². The molecule has 0 saturated carbocycles. The minimum atomic E-state index is -0.476. The molecule has 1 aliphatic heterocycles. The number of aliphatic hydroxyl groups excluding tert-OH is 1. The summed E-state index contributed by atoms with van der Waals surface area (Å²) in [4.78, 5) is 18.6. The Hall–Kier alpha value is -1.82. The largest absolute Gasteiger partial charge is 0.391 e. The summed E-state index contributed by atoms with van der Waals surface area (Å²) in [7, 11) is 0. The molecular weight excluding hydrogens is 304 g/mol. The highest BCUT2D eigenvalue weighted by Gasteiger charge is 2.11. The van der Waals surface area contributed by atoms with E-state index in [4.69, 9.17) is 0 Å². The zero-order valence-corrected chi connectivity index (χ0v) is 14.6. The Morgan fingerprint density at radius 1 is 1.29 bits per heavy atom. The number of aliphatic hydroxyl groups is 1. The van der Waals surface area contributed by atoms with Gasteiger partial charge in [0.05, 0.1) is 6.10 Å². The molecule has 1 fully saturated rings. The number of carbonyl (C=O) groups is 1. The molecule has 6 heteroatoms. The van der Waals surface area contributed by atoms with Crippen LogP contribution in [0.3, 0.4) is 0 Å². The van der Waals surface area contributed by atoms with Crippen molar-refractivity contribution in [2.75, 3.05) is 24.5 Å². The molecule has 1 aliphatic rings. The number of amides is 2. The molecule has 0 radical (unpaired) electrons. The molecule has 1 saturated heterocycles. The SMILES string of the molecule is CCCC(O)CNC(=O)NCc1ccnc(N2CCCCCC2)c1. The lowest BCUT2D eigenvalue weighted by molar-refractivity contribution is 0.160. The summed E-state index contributed by atoms with van der Waals surface area (Å²) in [5.74, 6) is 0.995. The summed E-state index contributed by atoms with van der Waals surface area (Å²) >= 11 is 0. The number of rotatable bonds is 7. The van der Waals surface area contributed by atoms with Crippen molar-refractivity contribution >= 4 is 11.8 Å². The van der Waals surface area contributed by atoms with Gasteiger partial charge in [-0.3, -0.25) is 0 Å². The topological polar surface area (TPSA) is 77.5 Å². The van der Waals surface area contributed by atoms with E-state index in [9.17, 15) is 9.90 Å². The number of hydrogen-bond donors (Lipinski definition) is 3. The summed E-state index contributed by atoms with van der Waals surface area (Å²) in [6.45, 7) is 4.86. The number of carbonyl (C=O) groups excluding carboxylic acids is 1. The van der Waals surface area contributed by atoms with Gasteiger partial charge < -0.3 is 20.6 Å². The number of nitrogens with one attached hydrogen (secondary N) is 2. The standard InChI is InChI=1S/C18H30N4O2/c1-2-7-16(23)14-21-18(24)20-13-15-8-9-19-17(12-15)22-10-5-3-4-6-11-22/h8-9,12,16,23H,2-7,10-11,13-14H2,1H3,(H2,20,21,24). The number of nitrogens with zero attached hydrogens (tertiary/aromatic N) is 2. The maximum atomic E-state index is 11.8. The molecule has 2 heterocycles. The molecule has 0 spiro atoms. The van der Waals surface area contributed by atoms with Crippen molar-refractivity contribution < 1.29 is 9.90 Å². The Labute approximate surface area is 144 Å². The Bertz CT molecular complexity index is 502. The van der Waals surface area contributed by atoms with E-state index in [0.717, 1.165) is 30.9 Å². The maximum absolute atomic E-state index is 11.8. The van der Waals surface area contributed by atoms with Crippen molar-refractivity contribution in [3.63, 3.8) is 0 Å². The van der Waals surface area contributed by atoms with E-state index in [2.05, 4.69) is 26.6 Å². The first-order valence-electron chi connectivity index (χ1n) is 9.08. The zero-order chi connectivity index (χ0) is 17.2. The molecule has 1 unspecified atom stereocenters. The minimum absolute atomic E-state index is 0.252. The number of urea groups is 1. The molecule has 2 amide bonds. The fourth-order valence-corrected chi connectivity index (χ4v) is 2.93. The first kappa shape index (κ1) is 18.5. The van der Waals surface area contributed by atoms with Crippen LogP contribution in [-0.4, -0.2) is 41.9 Å². The zero-order valence-electron chi connectivity index (χ0n) is 14.6. The number of pyridine rings is 1. The van der Waals surface area contributed by atoms with Crippen LogP contribution in [0, 0.1) is 0 Å². The highest BCUT2D eigenvalue weighted by Crippen LogP contribution is 2.18. The second-order valence-corrected chi connectivity index (χ2v) is 6.43. The van der Waals surface area contributed by atoms with Gasteiger partial charge in [0.15, 0.2) is 0 Å². The fourth-order valence-electron chi connectivity index (χ4n) is 2.93. The summed E-state index contributed by atoms with van der Waals surface area (Å²) in [5.41, 5.74) is 1.04. The molecule has 24 heavy (non-hydrogen) atoms. The van der Waals surface area contributed by atoms with E-state index in [1.54, 1.807) is 6.20 Å². The molecule has 0 aliphatic carbocycles. The Morgan fingerprint density at radius 3 is 2.75 bits per heavy atom. The lowest BCUT2D eigenvalue weighted by Gasteiger charge is -2.21. The van der Waals surface area contributed by atoms with E-state index in [1.165, 1.54) is 25.7 Å². The van der Waals surface area contributed by atoms with Crippen LogP contribution in [0.25, 0.3) is 0 Å². The normalized spacial score (nSPS) is 16.3. The Kier molecular flexibility index (Phi) is 7.82. The van der Waals surface area contributed by atoms with Crippen LogP contribution in [0.5, 0.6) is 0 Å². The Balaban J connectivity index is 1.80. The fraction of sp³-hybridized carbons (Fsp3) is 0.667. The molecule has 0 aromatic carbocycles. The van der Waals surface area contributed by atoms with E-state index >= 15 is 0 Å². The van der Waals surface area contributed by atoms with Crippen LogP contribution in [0.15, 0.2) is 18.3 Å². The van der Waals surface area contributed by atoms with Crippen LogP contribution in [0.4, 0.5) is 10.6 Å². The second-order valence-electron chi connectivity index (χ2n) is 6.43. The molecule has 134 valence electrons. The van der Waals surface area contributed by atoms with Gasteiger partial charge >= 0.3 is 6.03 Å². The van der Waals surface area contributed by atoms with Gasteiger partial charge in [0.2, 0.25) is 0 Å². The lowest BCUT2D eigenvalue weighted by atomic mass is 10.2. The number of hydrogen-bond acceptors (Lipinski definition) is 4. The van der Waals surface area contributed by atoms with Crippen molar-refractivity contribution in [3.8, 4) is 0 Å². The smallest absolute Gasteiger partial charge is 0.315 e. The molecule has 2 rings (SSSR count).